The van der Waals surface area contributed by atoms with Crippen LogP contribution in [-0.2, 0) is 5.54 Å². The Hall–Kier alpha value is -0.730. The lowest BCUT2D eigenvalue weighted by Gasteiger charge is -2.30. The highest BCUT2D eigenvalue weighted by molar-refractivity contribution is 6.33. The molecule has 3 heteroatoms. The molecule has 92 valence electrons. The van der Waals surface area contributed by atoms with E-state index in [1.165, 1.54) is 30.5 Å². The first-order chi connectivity index (χ1) is 8.19. The highest BCUT2D eigenvalue weighted by atomic mass is 35.5. The zero-order valence-electron chi connectivity index (χ0n) is 10.1. The Labute approximate surface area is 108 Å². The second-order valence-electron chi connectivity index (χ2n) is 5.37. The molecule has 0 aromatic heterocycles. The number of nitrogens with two attached hydrogens (primary N) is 1. The molecule has 17 heavy (non-hydrogen) atoms. The number of benzene rings is 1. The van der Waals surface area contributed by atoms with E-state index in [9.17, 15) is 0 Å². The van der Waals surface area contributed by atoms with Crippen LogP contribution in [0.4, 0.5) is 5.69 Å². The third kappa shape index (κ3) is 2.16. The van der Waals surface area contributed by atoms with Crippen molar-refractivity contribution in [2.24, 2.45) is 5.73 Å². The summed E-state index contributed by atoms with van der Waals surface area (Å²) in [7, 11) is 0. The van der Waals surface area contributed by atoms with Gasteiger partial charge in [0, 0.05) is 18.6 Å². The van der Waals surface area contributed by atoms with Crippen molar-refractivity contribution in [1.82, 2.24) is 0 Å². The van der Waals surface area contributed by atoms with Gasteiger partial charge in [0.15, 0.2) is 0 Å². The molecule has 1 aromatic carbocycles. The summed E-state index contributed by atoms with van der Waals surface area (Å²) in [6, 6.07) is 6.37. The molecule has 0 unspecified atom stereocenters. The summed E-state index contributed by atoms with van der Waals surface area (Å²) in [5.74, 6) is 0. The van der Waals surface area contributed by atoms with Crippen molar-refractivity contribution in [3.8, 4) is 0 Å². The number of anilines is 1. The summed E-state index contributed by atoms with van der Waals surface area (Å²) >= 11 is 6.40. The smallest absolute Gasteiger partial charge is 0.0643 e. The van der Waals surface area contributed by atoms with Crippen molar-refractivity contribution in [2.75, 3.05) is 18.0 Å². The van der Waals surface area contributed by atoms with E-state index in [-0.39, 0.29) is 5.54 Å². The largest absolute Gasteiger partial charge is 0.370 e. The zero-order chi connectivity index (χ0) is 11.9. The molecule has 1 saturated carbocycles. The van der Waals surface area contributed by atoms with E-state index >= 15 is 0 Å². The number of hydrogen-bond donors (Lipinski definition) is 1. The lowest BCUT2D eigenvalue weighted by atomic mass is 10.0. The Morgan fingerprint density at radius 2 is 1.82 bits per heavy atom. The molecule has 1 aromatic rings. The number of piperidine rings is 1. The van der Waals surface area contributed by atoms with E-state index in [2.05, 4.69) is 23.1 Å². The van der Waals surface area contributed by atoms with Crippen molar-refractivity contribution >= 4 is 17.3 Å². The summed E-state index contributed by atoms with van der Waals surface area (Å²) in [6.07, 6.45) is 6.08. The molecule has 1 aliphatic heterocycles. The lowest BCUT2D eigenvalue weighted by Crippen LogP contribution is -2.29. The van der Waals surface area contributed by atoms with Crippen molar-refractivity contribution in [3.05, 3.63) is 28.8 Å². The molecule has 0 atom stereocenters. The summed E-state index contributed by atoms with van der Waals surface area (Å²) in [6.45, 7) is 2.26. The number of rotatable bonds is 2. The van der Waals surface area contributed by atoms with Crippen LogP contribution in [0.15, 0.2) is 18.2 Å². The van der Waals surface area contributed by atoms with Crippen LogP contribution in [0, 0.1) is 0 Å². The molecule has 0 radical (unpaired) electrons. The first-order valence-corrected chi connectivity index (χ1v) is 6.91. The topological polar surface area (TPSA) is 29.3 Å². The van der Waals surface area contributed by atoms with E-state index < -0.39 is 0 Å². The van der Waals surface area contributed by atoms with E-state index in [0.717, 1.165) is 31.0 Å². The van der Waals surface area contributed by atoms with Gasteiger partial charge in [-0.3, -0.25) is 0 Å². The van der Waals surface area contributed by atoms with Gasteiger partial charge in [0.2, 0.25) is 0 Å². The van der Waals surface area contributed by atoms with Gasteiger partial charge in [-0.05, 0) is 49.8 Å². The van der Waals surface area contributed by atoms with Gasteiger partial charge in [0.05, 0.1) is 10.7 Å². The minimum absolute atomic E-state index is 0.0793. The van der Waals surface area contributed by atoms with Crippen LogP contribution in [0.1, 0.15) is 37.7 Å². The Kier molecular flexibility index (Phi) is 2.80. The van der Waals surface area contributed by atoms with Crippen molar-refractivity contribution in [2.45, 2.75) is 37.6 Å². The van der Waals surface area contributed by atoms with E-state index in [0.29, 0.717) is 0 Å². The molecular formula is C14H19ClN2. The van der Waals surface area contributed by atoms with Gasteiger partial charge in [-0.1, -0.05) is 17.7 Å². The Morgan fingerprint density at radius 3 is 2.41 bits per heavy atom. The summed E-state index contributed by atoms with van der Waals surface area (Å²) in [4.78, 5) is 2.39. The summed E-state index contributed by atoms with van der Waals surface area (Å²) in [5, 5.41) is 0.862. The molecule has 1 saturated heterocycles. The van der Waals surface area contributed by atoms with Crippen LogP contribution >= 0.6 is 11.6 Å². The maximum Gasteiger partial charge on any atom is 0.0643 e. The fourth-order valence-corrected chi connectivity index (χ4v) is 2.93. The fraction of sp³-hybridized carbons (Fsp3) is 0.571. The first kappa shape index (κ1) is 11.4. The molecule has 1 heterocycles. The van der Waals surface area contributed by atoms with Crippen LogP contribution in [0.3, 0.4) is 0 Å². The van der Waals surface area contributed by atoms with Gasteiger partial charge in [-0.15, -0.1) is 0 Å². The van der Waals surface area contributed by atoms with E-state index in [4.69, 9.17) is 17.3 Å². The van der Waals surface area contributed by atoms with Gasteiger partial charge in [-0.2, -0.15) is 0 Å². The average molecular weight is 251 g/mol. The molecular weight excluding hydrogens is 232 g/mol. The number of nitrogens with zero attached hydrogens (tertiary/aromatic N) is 1. The minimum atomic E-state index is -0.0793. The summed E-state index contributed by atoms with van der Waals surface area (Å²) in [5.41, 5.74) is 8.49. The Bertz CT molecular complexity index is 420. The molecule has 0 amide bonds. The highest BCUT2D eigenvalue weighted by Gasteiger charge is 2.40. The second-order valence-corrected chi connectivity index (χ2v) is 5.78. The van der Waals surface area contributed by atoms with Crippen molar-refractivity contribution in [1.29, 1.82) is 0 Å². The van der Waals surface area contributed by atoms with E-state index in [1.54, 1.807) is 0 Å². The SMILES string of the molecule is NC1(c2ccc(N3CCCCC3)c(Cl)c2)CC1. The van der Waals surface area contributed by atoms with Crippen LogP contribution in [0.5, 0.6) is 0 Å². The molecule has 2 aliphatic rings. The number of hydrogen-bond acceptors (Lipinski definition) is 2. The predicted molar refractivity (Wildman–Crippen MR) is 72.6 cm³/mol. The van der Waals surface area contributed by atoms with Crippen LogP contribution in [0.25, 0.3) is 0 Å². The maximum atomic E-state index is 6.40. The molecule has 3 rings (SSSR count). The number of halogens is 1. The quantitative estimate of drug-likeness (QED) is 0.873. The van der Waals surface area contributed by atoms with E-state index in [1.807, 2.05) is 0 Å². The predicted octanol–water partition coefficient (Wildman–Crippen LogP) is 3.28. The van der Waals surface area contributed by atoms with Crippen LogP contribution in [-0.4, -0.2) is 13.1 Å². The van der Waals surface area contributed by atoms with Crippen LogP contribution in [0.2, 0.25) is 5.02 Å². The standard InChI is InChI=1S/C14H19ClN2/c15-12-10-11(14(16)6-7-14)4-5-13(12)17-8-2-1-3-9-17/h4-5,10H,1-3,6-9,16H2. The minimum Gasteiger partial charge on any atom is -0.370 e. The molecule has 2 nitrogen and oxygen atoms in total. The molecule has 2 fully saturated rings. The third-order valence-electron chi connectivity index (χ3n) is 4.01. The highest BCUT2D eigenvalue weighted by Crippen LogP contribution is 2.44. The molecule has 2 N–H and O–H groups in total. The Balaban J connectivity index is 1.85. The van der Waals surface area contributed by atoms with Crippen molar-refractivity contribution < 1.29 is 0 Å². The second kappa shape index (κ2) is 4.18. The molecule has 0 spiro atoms. The molecule has 1 aliphatic carbocycles. The maximum absolute atomic E-state index is 6.40. The zero-order valence-corrected chi connectivity index (χ0v) is 10.8. The van der Waals surface area contributed by atoms with Crippen LogP contribution < -0.4 is 10.6 Å². The van der Waals surface area contributed by atoms with Gasteiger partial charge in [-0.25, -0.2) is 0 Å². The average Bonchev–Trinajstić information content (AvgIpc) is 3.10. The normalized spacial score (nSPS) is 22.6. The monoisotopic (exact) mass is 250 g/mol. The van der Waals surface area contributed by atoms with Gasteiger partial charge in [0.1, 0.15) is 0 Å². The lowest BCUT2D eigenvalue weighted by molar-refractivity contribution is 0.578. The molecule has 0 bridgehead atoms. The van der Waals surface area contributed by atoms with Gasteiger partial charge in [0.25, 0.3) is 0 Å². The van der Waals surface area contributed by atoms with Gasteiger partial charge < -0.3 is 10.6 Å². The summed E-state index contributed by atoms with van der Waals surface area (Å²) < 4.78 is 0. The first-order valence-electron chi connectivity index (χ1n) is 6.53. The Morgan fingerprint density at radius 1 is 1.12 bits per heavy atom. The van der Waals surface area contributed by atoms with Gasteiger partial charge >= 0.3 is 0 Å². The van der Waals surface area contributed by atoms with Crippen molar-refractivity contribution in [3.63, 3.8) is 0 Å². The third-order valence-corrected chi connectivity index (χ3v) is 4.31. The fourth-order valence-electron chi connectivity index (χ4n) is 2.63.